The third-order valence-corrected chi connectivity index (χ3v) is 1.63. The van der Waals surface area contributed by atoms with E-state index in [2.05, 4.69) is 14.7 Å². The van der Waals surface area contributed by atoms with Crippen molar-refractivity contribution in [1.29, 1.82) is 0 Å². The molecule has 5 nitrogen and oxygen atoms in total. The monoisotopic (exact) mass is 225 g/mol. The molecule has 0 amide bonds. The van der Waals surface area contributed by atoms with Crippen LogP contribution in [-0.4, -0.2) is 28.0 Å². The van der Waals surface area contributed by atoms with Gasteiger partial charge in [-0.25, -0.2) is 0 Å². The average molecular weight is 225 g/mol. The summed E-state index contributed by atoms with van der Waals surface area (Å²) in [5.41, 5.74) is 5.32. The summed E-state index contributed by atoms with van der Waals surface area (Å²) < 4.78 is 40.0. The molecule has 0 saturated carbocycles. The highest BCUT2D eigenvalue weighted by Gasteiger charge is 2.27. The molecule has 1 aromatic heterocycles. The first-order valence-electron chi connectivity index (χ1n) is 4.18. The number of alkyl halides is 3. The van der Waals surface area contributed by atoms with Gasteiger partial charge in [-0.2, -0.15) is 18.2 Å². The minimum Gasteiger partial charge on any atom is -0.394 e. The third kappa shape index (κ3) is 3.84. The van der Waals surface area contributed by atoms with Gasteiger partial charge in [0.05, 0.1) is 13.0 Å². The lowest BCUT2D eigenvalue weighted by Gasteiger charge is -2.02. The van der Waals surface area contributed by atoms with Crippen LogP contribution in [0.15, 0.2) is 4.52 Å². The van der Waals surface area contributed by atoms with E-state index in [9.17, 15) is 13.2 Å². The molecule has 0 unspecified atom stereocenters. The Morgan fingerprint density at radius 1 is 1.47 bits per heavy atom. The van der Waals surface area contributed by atoms with Crippen molar-refractivity contribution in [1.82, 2.24) is 10.1 Å². The van der Waals surface area contributed by atoms with Gasteiger partial charge >= 0.3 is 6.18 Å². The van der Waals surface area contributed by atoms with Gasteiger partial charge in [-0.15, -0.1) is 0 Å². The van der Waals surface area contributed by atoms with E-state index >= 15 is 0 Å². The van der Waals surface area contributed by atoms with E-state index < -0.39 is 25.2 Å². The largest absolute Gasteiger partial charge is 0.394 e. The van der Waals surface area contributed by atoms with Gasteiger partial charge in [-0.3, -0.25) is 0 Å². The number of aliphatic hydroxyl groups is 1. The average Bonchev–Trinajstić information content (AvgIpc) is 2.61. The zero-order valence-corrected chi connectivity index (χ0v) is 7.66. The molecular weight excluding hydrogens is 215 g/mol. The van der Waals surface area contributed by atoms with E-state index in [-0.39, 0.29) is 18.1 Å². The highest BCUT2D eigenvalue weighted by Crippen LogP contribution is 2.21. The van der Waals surface area contributed by atoms with Crippen LogP contribution in [-0.2, 0) is 6.42 Å². The second kappa shape index (κ2) is 4.58. The van der Waals surface area contributed by atoms with Crippen molar-refractivity contribution >= 4 is 0 Å². The fourth-order valence-corrected chi connectivity index (χ4v) is 0.851. The number of halogens is 3. The summed E-state index contributed by atoms with van der Waals surface area (Å²) >= 11 is 0. The van der Waals surface area contributed by atoms with Crippen molar-refractivity contribution < 1.29 is 22.8 Å². The van der Waals surface area contributed by atoms with Gasteiger partial charge in [0.15, 0.2) is 5.82 Å². The van der Waals surface area contributed by atoms with Crippen molar-refractivity contribution in [2.45, 2.75) is 25.1 Å². The fourth-order valence-electron chi connectivity index (χ4n) is 0.851. The summed E-state index contributed by atoms with van der Waals surface area (Å²) in [6, 6.07) is -0.850. The normalized spacial score (nSPS) is 14.2. The number of nitrogens with two attached hydrogens (primary N) is 1. The Kier molecular flexibility index (Phi) is 3.64. The molecular formula is C7H10F3N3O2. The zero-order chi connectivity index (χ0) is 11.5. The summed E-state index contributed by atoms with van der Waals surface area (Å²) in [6.45, 7) is -0.402. The van der Waals surface area contributed by atoms with Crippen LogP contribution < -0.4 is 5.73 Å². The molecule has 0 aliphatic rings. The first kappa shape index (κ1) is 11.9. The Morgan fingerprint density at radius 2 is 2.13 bits per heavy atom. The van der Waals surface area contributed by atoms with E-state index in [1.165, 1.54) is 0 Å². The van der Waals surface area contributed by atoms with Crippen molar-refractivity contribution in [2.24, 2.45) is 5.73 Å². The van der Waals surface area contributed by atoms with Gasteiger partial charge in [0.2, 0.25) is 5.89 Å². The lowest BCUT2D eigenvalue weighted by molar-refractivity contribution is -0.134. The Labute approximate surface area is 83.1 Å². The lowest BCUT2D eigenvalue weighted by Crippen LogP contribution is -2.15. The second-order valence-electron chi connectivity index (χ2n) is 2.95. The van der Waals surface area contributed by atoms with Crippen molar-refractivity contribution in [3.8, 4) is 0 Å². The summed E-state index contributed by atoms with van der Waals surface area (Å²) in [7, 11) is 0. The SMILES string of the molecule is N[C@H](CO)c1nc(CCC(F)(F)F)no1. The third-order valence-electron chi connectivity index (χ3n) is 1.63. The molecule has 8 heteroatoms. The molecule has 0 aliphatic carbocycles. The van der Waals surface area contributed by atoms with Crippen molar-refractivity contribution in [3.63, 3.8) is 0 Å². The van der Waals surface area contributed by atoms with Crippen LogP contribution in [0.25, 0.3) is 0 Å². The number of aryl methyl sites for hydroxylation is 1. The van der Waals surface area contributed by atoms with Gasteiger partial charge in [0.25, 0.3) is 0 Å². The molecule has 1 rings (SSSR count). The van der Waals surface area contributed by atoms with Crippen LogP contribution in [0.1, 0.15) is 24.2 Å². The van der Waals surface area contributed by atoms with Gasteiger partial charge < -0.3 is 15.4 Å². The minimum atomic E-state index is -4.25. The predicted octanol–water partition coefficient (Wildman–Crippen LogP) is 0.557. The van der Waals surface area contributed by atoms with E-state index in [4.69, 9.17) is 10.8 Å². The predicted molar refractivity (Wildman–Crippen MR) is 42.7 cm³/mol. The first-order valence-corrected chi connectivity index (χ1v) is 4.18. The molecule has 1 atom stereocenters. The number of aromatic nitrogens is 2. The zero-order valence-electron chi connectivity index (χ0n) is 7.66. The molecule has 3 N–H and O–H groups in total. The molecule has 0 saturated heterocycles. The van der Waals surface area contributed by atoms with Crippen LogP contribution in [0, 0.1) is 0 Å². The molecule has 1 heterocycles. The first-order chi connectivity index (χ1) is 6.92. The summed E-state index contributed by atoms with van der Waals surface area (Å²) in [5.74, 6) is -0.124. The smallest absolute Gasteiger partial charge is 0.389 e. The summed E-state index contributed by atoms with van der Waals surface area (Å²) in [5, 5.41) is 11.9. The summed E-state index contributed by atoms with van der Waals surface area (Å²) in [4.78, 5) is 3.62. The second-order valence-corrected chi connectivity index (χ2v) is 2.95. The standard InChI is InChI=1S/C7H10F3N3O2/c8-7(9,10)2-1-5-12-6(15-13-5)4(11)3-14/h4,14H,1-3,11H2/t4-/m1/s1. The van der Waals surface area contributed by atoms with E-state index in [1.807, 2.05) is 0 Å². The Bertz CT molecular complexity index is 313. The maximum atomic E-state index is 11.8. The van der Waals surface area contributed by atoms with E-state index in [1.54, 1.807) is 0 Å². The van der Waals surface area contributed by atoms with Gasteiger partial charge in [0.1, 0.15) is 6.04 Å². The highest BCUT2D eigenvalue weighted by molar-refractivity contribution is 4.92. The fraction of sp³-hybridized carbons (Fsp3) is 0.714. The van der Waals surface area contributed by atoms with Crippen LogP contribution in [0.3, 0.4) is 0 Å². The molecule has 15 heavy (non-hydrogen) atoms. The van der Waals surface area contributed by atoms with E-state index in [0.717, 1.165) is 0 Å². The molecule has 0 radical (unpaired) electrons. The van der Waals surface area contributed by atoms with Crippen LogP contribution >= 0.6 is 0 Å². The molecule has 0 spiro atoms. The van der Waals surface area contributed by atoms with E-state index in [0.29, 0.717) is 0 Å². The van der Waals surface area contributed by atoms with Crippen LogP contribution in [0.5, 0.6) is 0 Å². The van der Waals surface area contributed by atoms with Gasteiger partial charge in [-0.05, 0) is 0 Å². The molecule has 0 fully saturated rings. The number of hydrogen-bond donors (Lipinski definition) is 2. The number of rotatable bonds is 4. The Balaban J connectivity index is 2.53. The molecule has 1 aromatic rings. The van der Waals surface area contributed by atoms with Crippen LogP contribution in [0.4, 0.5) is 13.2 Å². The maximum Gasteiger partial charge on any atom is 0.389 e. The Morgan fingerprint density at radius 3 is 2.67 bits per heavy atom. The minimum absolute atomic E-state index is 0.0605. The molecule has 86 valence electrons. The number of aliphatic hydroxyl groups excluding tert-OH is 1. The lowest BCUT2D eigenvalue weighted by atomic mass is 10.3. The van der Waals surface area contributed by atoms with Gasteiger partial charge in [-0.1, -0.05) is 5.16 Å². The highest BCUT2D eigenvalue weighted by atomic mass is 19.4. The van der Waals surface area contributed by atoms with Crippen LogP contribution in [0.2, 0.25) is 0 Å². The molecule has 0 aliphatic heterocycles. The van der Waals surface area contributed by atoms with Gasteiger partial charge in [0, 0.05) is 6.42 Å². The topological polar surface area (TPSA) is 85.2 Å². The number of hydrogen-bond acceptors (Lipinski definition) is 5. The number of nitrogens with zero attached hydrogens (tertiary/aromatic N) is 2. The quantitative estimate of drug-likeness (QED) is 0.781. The molecule has 0 bridgehead atoms. The molecule has 0 aromatic carbocycles. The van der Waals surface area contributed by atoms with Crippen molar-refractivity contribution in [3.05, 3.63) is 11.7 Å². The summed E-state index contributed by atoms with van der Waals surface area (Å²) in [6.07, 6.45) is -5.62. The van der Waals surface area contributed by atoms with Crippen molar-refractivity contribution in [2.75, 3.05) is 6.61 Å². The Hall–Kier alpha value is -1.15. The maximum absolute atomic E-state index is 11.8.